The highest BCUT2D eigenvalue weighted by Gasteiger charge is 2.16. The van der Waals surface area contributed by atoms with Crippen molar-refractivity contribution in [3.8, 4) is 24.0 Å². The van der Waals surface area contributed by atoms with Gasteiger partial charge in [0.25, 0.3) is 5.56 Å². The first kappa shape index (κ1) is 30.2. The van der Waals surface area contributed by atoms with Crippen molar-refractivity contribution >= 4 is 28.8 Å². The van der Waals surface area contributed by atoms with Crippen LogP contribution in [-0.4, -0.2) is 40.0 Å². The maximum atomic E-state index is 12.7. The predicted molar refractivity (Wildman–Crippen MR) is 141 cm³/mol. The number of terminal acetylenes is 1. The topological polar surface area (TPSA) is 79.5 Å². The van der Waals surface area contributed by atoms with Crippen LogP contribution in [0.5, 0.6) is 0 Å². The van der Waals surface area contributed by atoms with E-state index in [2.05, 4.69) is 37.1 Å². The predicted octanol–water partition coefficient (Wildman–Crippen LogP) is 4.61. The third-order valence-corrected chi connectivity index (χ3v) is 5.07. The SMILES string of the molecule is C#C.CC(C)(C)O.CO.CSc1ccc(-c2c(CC=O)n(C)c(=O)c3cc(C)ccc23)cc1. The van der Waals surface area contributed by atoms with E-state index < -0.39 is 5.60 Å². The van der Waals surface area contributed by atoms with Gasteiger partial charge in [-0.05, 0) is 63.1 Å². The lowest BCUT2D eigenvalue weighted by Crippen LogP contribution is -2.22. The second-order valence-corrected chi connectivity index (χ2v) is 8.88. The molecule has 6 heteroatoms. The maximum Gasteiger partial charge on any atom is 0.258 e. The number of hydrogen-bond acceptors (Lipinski definition) is 5. The first-order valence-corrected chi connectivity index (χ1v) is 11.5. The summed E-state index contributed by atoms with van der Waals surface area (Å²) in [6, 6.07) is 14.1. The van der Waals surface area contributed by atoms with E-state index in [1.54, 1.807) is 44.1 Å². The lowest BCUT2D eigenvalue weighted by Gasteiger charge is -2.16. The van der Waals surface area contributed by atoms with Crippen LogP contribution in [0.3, 0.4) is 0 Å². The summed E-state index contributed by atoms with van der Waals surface area (Å²) in [5.41, 5.74) is 3.23. The van der Waals surface area contributed by atoms with Crippen LogP contribution in [0.25, 0.3) is 21.9 Å². The fourth-order valence-corrected chi connectivity index (χ4v) is 3.49. The first-order valence-electron chi connectivity index (χ1n) is 10.3. The van der Waals surface area contributed by atoms with Gasteiger partial charge >= 0.3 is 0 Å². The highest BCUT2D eigenvalue weighted by molar-refractivity contribution is 7.98. The Hall–Kier alpha value is -2.85. The van der Waals surface area contributed by atoms with Gasteiger partial charge in [-0.1, -0.05) is 29.8 Å². The number of pyridine rings is 1. The van der Waals surface area contributed by atoms with Gasteiger partial charge in [-0.25, -0.2) is 0 Å². The maximum absolute atomic E-state index is 12.7. The zero-order chi connectivity index (χ0) is 25.8. The molecule has 0 aliphatic carbocycles. The summed E-state index contributed by atoms with van der Waals surface area (Å²) in [6.07, 6.45) is 11.1. The van der Waals surface area contributed by atoms with Gasteiger partial charge in [0.15, 0.2) is 0 Å². The Morgan fingerprint density at radius 2 is 1.55 bits per heavy atom. The number of carbonyl (C=O) groups excluding carboxylic acids is 1. The number of fused-ring (bicyclic) bond motifs is 1. The molecule has 1 aromatic heterocycles. The molecule has 0 amide bonds. The Kier molecular flexibility index (Phi) is 13.1. The number of nitrogens with zero attached hydrogens (tertiary/aromatic N) is 1. The highest BCUT2D eigenvalue weighted by Crippen LogP contribution is 2.32. The standard InChI is InChI=1S/C20H19NO2S.C4H10O.C2H2.CH4O/c1-13-4-9-16-17(12-13)20(23)21(2)18(10-11-22)19(16)14-5-7-15(24-3)8-6-14;1-4(2,3)5;2*1-2/h4-9,11-12H,10H2,1-3H3;5H,1-3H3;1-2H;2H,1H3. The van der Waals surface area contributed by atoms with Crippen LogP contribution in [0.15, 0.2) is 52.2 Å². The minimum atomic E-state index is -0.500. The zero-order valence-electron chi connectivity index (χ0n) is 20.5. The summed E-state index contributed by atoms with van der Waals surface area (Å²) in [7, 11) is 2.74. The average molecular weight is 470 g/mol. The number of benzene rings is 2. The van der Waals surface area contributed by atoms with Gasteiger partial charge < -0.3 is 19.6 Å². The lowest BCUT2D eigenvalue weighted by atomic mass is 9.95. The molecule has 2 aromatic carbocycles. The van der Waals surface area contributed by atoms with Crippen LogP contribution in [0.1, 0.15) is 32.0 Å². The van der Waals surface area contributed by atoms with Gasteiger partial charge in [0.1, 0.15) is 6.29 Å². The molecule has 0 spiro atoms. The molecule has 178 valence electrons. The number of thioether (sulfide) groups is 1. The lowest BCUT2D eigenvalue weighted by molar-refractivity contribution is -0.107. The monoisotopic (exact) mass is 469 g/mol. The quantitative estimate of drug-likeness (QED) is 0.331. The summed E-state index contributed by atoms with van der Waals surface area (Å²) in [5, 5.41) is 17.1. The summed E-state index contributed by atoms with van der Waals surface area (Å²) >= 11 is 1.69. The Balaban J connectivity index is 0.000000991. The van der Waals surface area contributed by atoms with Crippen molar-refractivity contribution in [1.82, 2.24) is 4.57 Å². The molecule has 0 aliphatic rings. The molecule has 0 bridgehead atoms. The average Bonchev–Trinajstić information content (AvgIpc) is 2.80. The summed E-state index contributed by atoms with van der Waals surface area (Å²) in [6.45, 7) is 7.21. The molecule has 3 aromatic rings. The zero-order valence-corrected chi connectivity index (χ0v) is 21.4. The number of rotatable bonds is 4. The third kappa shape index (κ3) is 8.89. The Morgan fingerprint density at radius 1 is 1.03 bits per heavy atom. The van der Waals surface area contributed by atoms with Crippen LogP contribution in [0.2, 0.25) is 0 Å². The van der Waals surface area contributed by atoms with Crippen LogP contribution in [0.4, 0.5) is 0 Å². The Bertz CT molecular complexity index is 1100. The first-order chi connectivity index (χ1) is 15.6. The van der Waals surface area contributed by atoms with Crippen molar-refractivity contribution in [2.75, 3.05) is 13.4 Å². The number of aromatic nitrogens is 1. The van der Waals surface area contributed by atoms with E-state index in [1.165, 1.54) is 4.90 Å². The van der Waals surface area contributed by atoms with Crippen molar-refractivity contribution in [1.29, 1.82) is 0 Å². The number of aliphatic hydroxyl groups excluding tert-OH is 1. The minimum absolute atomic E-state index is 0.0602. The van der Waals surface area contributed by atoms with E-state index in [0.717, 1.165) is 41.2 Å². The number of carbonyl (C=O) groups is 1. The summed E-state index contributed by atoms with van der Waals surface area (Å²) < 4.78 is 1.61. The number of aldehydes is 1. The molecule has 0 atom stereocenters. The van der Waals surface area contributed by atoms with E-state index in [-0.39, 0.29) is 12.0 Å². The molecule has 0 aliphatic heterocycles. The molecule has 3 rings (SSSR count). The van der Waals surface area contributed by atoms with Crippen LogP contribution < -0.4 is 5.56 Å². The molecule has 2 N–H and O–H groups in total. The van der Waals surface area contributed by atoms with Gasteiger partial charge in [-0.15, -0.1) is 24.6 Å². The Labute approximate surface area is 201 Å². The Morgan fingerprint density at radius 3 is 2.00 bits per heavy atom. The third-order valence-electron chi connectivity index (χ3n) is 4.33. The summed E-state index contributed by atoms with van der Waals surface area (Å²) in [4.78, 5) is 25.1. The molecule has 0 unspecified atom stereocenters. The molecule has 1 heterocycles. The fraction of sp³-hybridized carbons (Fsp3) is 0.333. The number of aryl methyl sites for hydroxylation is 1. The van der Waals surface area contributed by atoms with Crippen LogP contribution >= 0.6 is 11.8 Å². The van der Waals surface area contributed by atoms with E-state index in [0.29, 0.717) is 5.39 Å². The molecule has 5 nitrogen and oxygen atoms in total. The van der Waals surface area contributed by atoms with Gasteiger partial charge in [-0.3, -0.25) is 4.79 Å². The molecule has 0 saturated carbocycles. The smallest absolute Gasteiger partial charge is 0.258 e. The number of hydrogen-bond donors (Lipinski definition) is 2. The van der Waals surface area contributed by atoms with Crippen molar-refractivity contribution in [2.45, 2.75) is 44.6 Å². The second kappa shape index (κ2) is 14.3. The highest BCUT2D eigenvalue weighted by atomic mass is 32.2. The molecule has 0 radical (unpaired) electrons. The molecule has 0 saturated heterocycles. The second-order valence-electron chi connectivity index (χ2n) is 8.01. The van der Waals surface area contributed by atoms with Crippen molar-refractivity contribution in [3.05, 3.63) is 64.1 Å². The van der Waals surface area contributed by atoms with Gasteiger partial charge in [0.2, 0.25) is 0 Å². The minimum Gasteiger partial charge on any atom is -0.400 e. The van der Waals surface area contributed by atoms with E-state index >= 15 is 0 Å². The number of aliphatic hydroxyl groups is 2. The summed E-state index contributed by atoms with van der Waals surface area (Å²) in [5.74, 6) is 0. The van der Waals surface area contributed by atoms with E-state index in [9.17, 15) is 9.59 Å². The largest absolute Gasteiger partial charge is 0.400 e. The molecule has 33 heavy (non-hydrogen) atoms. The van der Waals surface area contributed by atoms with Gasteiger partial charge in [-0.2, -0.15) is 0 Å². The van der Waals surface area contributed by atoms with Crippen molar-refractivity contribution < 1.29 is 15.0 Å². The normalized spacial score (nSPS) is 10.0. The van der Waals surface area contributed by atoms with E-state index in [4.69, 9.17) is 10.2 Å². The van der Waals surface area contributed by atoms with Crippen LogP contribution in [0, 0.1) is 19.8 Å². The van der Waals surface area contributed by atoms with Gasteiger partial charge in [0, 0.05) is 42.1 Å². The van der Waals surface area contributed by atoms with E-state index in [1.807, 2.05) is 31.4 Å². The van der Waals surface area contributed by atoms with Gasteiger partial charge in [0.05, 0.1) is 5.60 Å². The fourth-order valence-electron chi connectivity index (χ4n) is 3.08. The van der Waals surface area contributed by atoms with Crippen molar-refractivity contribution in [2.24, 2.45) is 7.05 Å². The molecule has 0 fully saturated rings. The van der Waals surface area contributed by atoms with Crippen LogP contribution in [-0.2, 0) is 18.3 Å². The molecular formula is C27H35NO4S. The molecular weight excluding hydrogens is 434 g/mol. The van der Waals surface area contributed by atoms with Crippen molar-refractivity contribution in [3.63, 3.8) is 0 Å².